The first-order valence-corrected chi connectivity index (χ1v) is 13.8. The molecule has 0 aromatic carbocycles. The number of carbonyl (C=O) groups excluding carboxylic acids is 3. The van der Waals surface area contributed by atoms with Crippen LogP contribution in [0.5, 0.6) is 0 Å². The van der Waals surface area contributed by atoms with E-state index in [1.165, 1.54) is 6.92 Å². The fourth-order valence-electron chi connectivity index (χ4n) is 9.20. The molecule has 2 saturated carbocycles. The van der Waals surface area contributed by atoms with Gasteiger partial charge in [0, 0.05) is 47.5 Å². The van der Waals surface area contributed by atoms with Crippen molar-refractivity contribution in [3.05, 3.63) is 11.1 Å². The quantitative estimate of drug-likeness (QED) is 0.484. The number of carboxylic acids is 1. The second-order valence-electron chi connectivity index (χ2n) is 13.9. The standard InChI is InChI=1S/C30H44O7/c1-15(10-17(31)11-16(2)26(36)37)18-12-23(35)30(7)25-19(32)13-21-27(3,4)22(34)8-9-28(21,5)24(25)20(33)14-29(18,30)6/h15-16,18-19,21,23,32,35H,8-14H2,1-7H3,(H,36,37)/t15-,16?,18-,19+,21?,23+,28+,29-,30+/m0/s1. The Morgan fingerprint density at radius 1 is 1.00 bits per heavy atom. The number of carbonyl (C=O) groups is 4. The second kappa shape index (κ2) is 8.84. The van der Waals surface area contributed by atoms with Crippen LogP contribution in [0.2, 0.25) is 0 Å². The molecule has 3 N–H and O–H groups in total. The lowest BCUT2D eigenvalue weighted by atomic mass is 9.42. The summed E-state index contributed by atoms with van der Waals surface area (Å²) in [7, 11) is 0. The number of aliphatic hydroxyl groups excluding tert-OH is 2. The van der Waals surface area contributed by atoms with Gasteiger partial charge in [0.25, 0.3) is 0 Å². The van der Waals surface area contributed by atoms with Crippen LogP contribution >= 0.6 is 0 Å². The van der Waals surface area contributed by atoms with Crippen LogP contribution in [-0.2, 0) is 19.2 Å². The molecule has 0 bridgehead atoms. The predicted molar refractivity (Wildman–Crippen MR) is 137 cm³/mol. The van der Waals surface area contributed by atoms with Gasteiger partial charge in [-0.1, -0.05) is 48.5 Å². The lowest BCUT2D eigenvalue weighted by molar-refractivity contribution is -0.146. The molecule has 0 aromatic rings. The molecule has 2 unspecified atom stereocenters. The Morgan fingerprint density at radius 3 is 2.22 bits per heavy atom. The number of carboxylic acid groups (broad SMARTS) is 1. The van der Waals surface area contributed by atoms with E-state index in [9.17, 15) is 34.5 Å². The van der Waals surface area contributed by atoms with E-state index in [4.69, 9.17) is 0 Å². The summed E-state index contributed by atoms with van der Waals surface area (Å²) in [6.45, 7) is 13.4. The second-order valence-corrected chi connectivity index (χ2v) is 13.9. The Labute approximate surface area is 220 Å². The molecule has 0 aliphatic heterocycles. The van der Waals surface area contributed by atoms with Crippen molar-refractivity contribution in [3.63, 3.8) is 0 Å². The summed E-state index contributed by atoms with van der Waals surface area (Å²) in [5.41, 5.74) is -1.40. The van der Waals surface area contributed by atoms with Crippen molar-refractivity contribution in [3.8, 4) is 0 Å². The number of rotatable bonds is 6. The predicted octanol–water partition coefficient (Wildman–Crippen LogP) is 4.13. The molecule has 37 heavy (non-hydrogen) atoms. The highest BCUT2D eigenvalue weighted by atomic mass is 16.4. The van der Waals surface area contributed by atoms with E-state index in [0.717, 1.165) is 0 Å². The largest absolute Gasteiger partial charge is 0.481 e. The average Bonchev–Trinajstić information content (AvgIpc) is 2.99. The normalized spacial score (nSPS) is 42.5. The molecule has 2 fully saturated rings. The van der Waals surface area contributed by atoms with E-state index in [-0.39, 0.29) is 54.4 Å². The van der Waals surface area contributed by atoms with Gasteiger partial charge >= 0.3 is 5.97 Å². The number of fused-ring (bicyclic) bond motifs is 4. The summed E-state index contributed by atoms with van der Waals surface area (Å²) in [5, 5.41) is 32.4. The molecule has 4 rings (SSSR count). The SMILES string of the molecule is CC(CC(=O)C[C@H](C)[C@@H]1C[C@@H](O)[C@]2(C)C3=C(C(=O)C[C@@]12C)[C@]1(C)CCC(=O)C(C)(C)C1C[C@H]3O)C(=O)O. The third kappa shape index (κ3) is 3.82. The molecular weight excluding hydrogens is 472 g/mol. The Bertz CT molecular complexity index is 1070. The van der Waals surface area contributed by atoms with E-state index in [2.05, 4.69) is 6.92 Å². The highest BCUT2D eigenvalue weighted by Crippen LogP contribution is 2.71. The number of hydrogen-bond donors (Lipinski definition) is 3. The van der Waals surface area contributed by atoms with E-state index < -0.39 is 45.8 Å². The van der Waals surface area contributed by atoms with Crippen molar-refractivity contribution in [2.24, 2.45) is 45.3 Å². The van der Waals surface area contributed by atoms with Crippen LogP contribution in [0.1, 0.15) is 93.4 Å². The van der Waals surface area contributed by atoms with Gasteiger partial charge in [-0.05, 0) is 48.0 Å². The summed E-state index contributed by atoms with van der Waals surface area (Å²) in [4.78, 5) is 50.8. The van der Waals surface area contributed by atoms with Gasteiger partial charge in [-0.3, -0.25) is 19.2 Å². The third-order valence-electron chi connectivity index (χ3n) is 11.6. The summed E-state index contributed by atoms with van der Waals surface area (Å²) >= 11 is 0. The third-order valence-corrected chi connectivity index (χ3v) is 11.6. The Morgan fingerprint density at radius 2 is 1.62 bits per heavy atom. The minimum Gasteiger partial charge on any atom is -0.481 e. The molecule has 9 atom stereocenters. The maximum Gasteiger partial charge on any atom is 0.306 e. The average molecular weight is 517 g/mol. The van der Waals surface area contributed by atoms with E-state index >= 15 is 0 Å². The fraction of sp³-hybridized carbons (Fsp3) is 0.800. The van der Waals surface area contributed by atoms with Crippen molar-refractivity contribution in [1.82, 2.24) is 0 Å². The number of allylic oxidation sites excluding steroid dienone is 1. The maximum absolute atomic E-state index is 14.1. The Hall–Kier alpha value is -1.86. The molecular formula is C30H44O7. The first kappa shape index (κ1) is 28.2. The molecule has 4 aliphatic rings. The van der Waals surface area contributed by atoms with Crippen molar-refractivity contribution >= 4 is 23.3 Å². The highest BCUT2D eigenvalue weighted by Gasteiger charge is 2.70. The zero-order chi connectivity index (χ0) is 27.9. The lowest BCUT2D eigenvalue weighted by Gasteiger charge is -2.61. The summed E-state index contributed by atoms with van der Waals surface area (Å²) < 4.78 is 0. The maximum atomic E-state index is 14.1. The van der Waals surface area contributed by atoms with Gasteiger partial charge in [-0.15, -0.1) is 0 Å². The van der Waals surface area contributed by atoms with Crippen molar-refractivity contribution in [2.45, 2.75) is 106 Å². The molecule has 0 amide bonds. The van der Waals surface area contributed by atoms with Gasteiger partial charge in [0.2, 0.25) is 0 Å². The number of aliphatic hydroxyl groups is 2. The number of ketones is 3. The zero-order valence-electron chi connectivity index (χ0n) is 23.4. The van der Waals surface area contributed by atoms with E-state index in [0.29, 0.717) is 36.8 Å². The van der Waals surface area contributed by atoms with Crippen LogP contribution in [0.25, 0.3) is 0 Å². The first-order chi connectivity index (χ1) is 16.9. The van der Waals surface area contributed by atoms with Crippen molar-refractivity contribution in [2.75, 3.05) is 0 Å². The Balaban J connectivity index is 1.74. The number of hydrogen-bond acceptors (Lipinski definition) is 6. The lowest BCUT2D eigenvalue weighted by Crippen LogP contribution is -2.60. The summed E-state index contributed by atoms with van der Waals surface area (Å²) in [5.74, 6) is -2.17. The molecule has 206 valence electrons. The molecule has 7 heteroatoms. The molecule has 4 aliphatic carbocycles. The van der Waals surface area contributed by atoms with Crippen LogP contribution in [0.15, 0.2) is 11.1 Å². The summed E-state index contributed by atoms with van der Waals surface area (Å²) in [6.07, 6.45) is 0.421. The fourth-order valence-corrected chi connectivity index (χ4v) is 9.20. The summed E-state index contributed by atoms with van der Waals surface area (Å²) in [6, 6.07) is 0. The molecule has 0 aromatic heterocycles. The minimum atomic E-state index is -1.00. The molecule has 0 heterocycles. The smallest absolute Gasteiger partial charge is 0.306 e. The van der Waals surface area contributed by atoms with Gasteiger partial charge in [0.15, 0.2) is 5.78 Å². The van der Waals surface area contributed by atoms with Gasteiger partial charge in [0.1, 0.15) is 11.6 Å². The van der Waals surface area contributed by atoms with Crippen LogP contribution in [0.4, 0.5) is 0 Å². The van der Waals surface area contributed by atoms with E-state index in [1.54, 1.807) is 0 Å². The van der Waals surface area contributed by atoms with Crippen LogP contribution in [-0.4, -0.2) is 50.8 Å². The first-order valence-electron chi connectivity index (χ1n) is 13.8. The van der Waals surface area contributed by atoms with Gasteiger partial charge < -0.3 is 15.3 Å². The van der Waals surface area contributed by atoms with Gasteiger partial charge in [-0.2, -0.15) is 0 Å². The van der Waals surface area contributed by atoms with Crippen LogP contribution < -0.4 is 0 Å². The topological polar surface area (TPSA) is 129 Å². The minimum absolute atomic E-state index is 0.0106. The van der Waals surface area contributed by atoms with Gasteiger partial charge in [0.05, 0.1) is 18.1 Å². The van der Waals surface area contributed by atoms with Gasteiger partial charge in [-0.25, -0.2) is 0 Å². The number of Topliss-reactive ketones (excluding diaryl/α,β-unsaturated/α-hetero) is 3. The van der Waals surface area contributed by atoms with Crippen LogP contribution in [0, 0.1) is 45.3 Å². The molecule has 0 spiro atoms. The molecule has 7 nitrogen and oxygen atoms in total. The Kier molecular flexibility index (Phi) is 6.72. The number of aliphatic carboxylic acids is 1. The van der Waals surface area contributed by atoms with E-state index in [1.807, 2.05) is 34.6 Å². The monoisotopic (exact) mass is 516 g/mol. The van der Waals surface area contributed by atoms with Crippen LogP contribution in [0.3, 0.4) is 0 Å². The zero-order valence-corrected chi connectivity index (χ0v) is 23.4. The highest BCUT2D eigenvalue weighted by molar-refractivity contribution is 6.01. The molecule has 0 saturated heterocycles. The van der Waals surface area contributed by atoms with Crippen molar-refractivity contribution < 1.29 is 34.5 Å². The van der Waals surface area contributed by atoms with Crippen molar-refractivity contribution in [1.29, 1.82) is 0 Å². The molecule has 0 radical (unpaired) electrons.